The number of hydrogen-bond acceptors (Lipinski definition) is 4. The van der Waals surface area contributed by atoms with E-state index in [0.29, 0.717) is 10.7 Å². The summed E-state index contributed by atoms with van der Waals surface area (Å²) in [5.41, 5.74) is 1.65. The number of imidazole rings is 1. The van der Waals surface area contributed by atoms with Gasteiger partial charge in [-0.2, -0.15) is 5.10 Å². The van der Waals surface area contributed by atoms with E-state index in [1.165, 1.54) is 23.5 Å². The van der Waals surface area contributed by atoms with Crippen molar-refractivity contribution in [2.75, 3.05) is 0 Å². The number of nitrogens with one attached hydrogen (secondary N) is 1. The first kappa shape index (κ1) is 17.4. The van der Waals surface area contributed by atoms with E-state index in [1.54, 1.807) is 23.0 Å². The first-order valence-corrected chi connectivity index (χ1v) is 9.22. The van der Waals surface area contributed by atoms with Crippen LogP contribution in [0.3, 0.4) is 0 Å². The van der Waals surface area contributed by atoms with Crippen LogP contribution in [0.25, 0.3) is 10.2 Å². The van der Waals surface area contributed by atoms with Crippen LogP contribution in [-0.2, 0) is 14.1 Å². The van der Waals surface area contributed by atoms with Crippen LogP contribution in [0.4, 0.5) is 4.39 Å². The topological polar surface area (TPSA) is 64.7 Å². The van der Waals surface area contributed by atoms with Gasteiger partial charge >= 0.3 is 0 Å². The summed E-state index contributed by atoms with van der Waals surface area (Å²) in [7, 11) is 3.72. The molecule has 4 aromatic rings. The minimum absolute atomic E-state index is 0.201. The second-order valence-corrected chi connectivity index (χ2v) is 7.42. The maximum Gasteiger partial charge on any atom is 0.262 e. The quantitative estimate of drug-likeness (QED) is 0.588. The SMILES string of the molecule is Cc1nn(C)c2sc(C(=O)NC(c3ccc(F)cc3)c3nccn3C)cc12. The van der Waals surface area contributed by atoms with Gasteiger partial charge in [0.15, 0.2) is 0 Å². The lowest BCUT2D eigenvalue weighted by molar-refractivity contribution is 0.0945. The molecule has 8 heteroatoms. The van der Waals surface area contributed by atoms with E-state index in [9.17, 15) is 9.18 Å². The predicted octanol–water partition coefficient (Wildman–Crippen LogP) is 3.34. The Labute approximate surface area is 159 Å². The van der Waals surface area contributed by atoms with Crippen molar-refractivity contribution in [2.45, 2.75) is 13.0 Å². The average molecular weight is 383 g/mol. The molecule has 27 heavy (non-hydrogen) atoms. The van der Waals surface area contributed by atoms with Gasteiger partial charge < -0.3 is 9.88 Å². The molecule has 138 valence electrons. The van der Waals surface area contributed by atoms with Crippen molar-refractivity contribution in [2.24, 2.45) is 14.1 Å². The van der Waals surface area contributed by atoms with Gasteiger partial charge in [-0.1, -0.05) is 12.1 Å². The number of aryl methyl sites for hydroxylation is 3. The zero-order valence-corrected chi connectivity index (χ0v) is 15.9. The standard InChI is InChI=1S/C19H18FN5OS/c1-11-14-10-15(27-19(14)25(3)23-11)18(26)22-16(17-21-8-9-24(17)2)12-4-6-13(20)7-5-12/h4-10,16H,1-3H3,(H,22,26). The molecule has 3 heterocycles. The van der Waals surface area contributed by atoms with Crippen LogP contribution in [0.2, 0.25) is 0 Å². The number of carbonyl (C=O) groups is 1. The summed E-state index contributed by atoms with van der Waals surface area (Å²) in [4.78, 5) is 18.9. The van der Waals surface area contributed by atoms with Gasteiger partial charge in [0.05, 0.1) is 10.6 Å². The van der Waals surface area contributed by atoms with Gasteiger partial charge in [0, 0.05) is 31.9 Å². The number of hydrogen-bond donors (Lipinski definition) is 1. The molecular weight excluding hydrogens is 365 g/mol. The van der Waals surface area contributed by atoms with Crippen molar-refractivity contribution in [3.05, 3.63) is 70.5 Å². The van der Waals surface area contributed by atoms with Crippen LogP contribution in [0, 0.1) is 12.7 Å². The largest absolute Gasteiger partial charge is 0.337 e. The molecule has 0 aliphatic heterocycles. The van der Waals surface area contributed by atoms with Crippen molar-refractivity contribution in [3.8, 4) is 0 Å². The van der Waals surface area contributed by atoms with Gasteiger partial charge in [-0.25, -0.2) is 9.37 Å². The highest BCUT2D eigenvalue weighted by Crippen LogP contribution is 2.29. The first-order chi connectivity index (χ1) is 12.9. The molecule has 1 unspecified atom stereocenters. The van der Waals surface area contributed by atoms with Crippen LogP contribution >= 0.6 is 11.3 Å². The normalized spacial score (nSPS) is 12.4. The molecule has 0 aliphatic carbocycles. The van der Waals surface area contributed by atoms with Gasteiger partial charge in [-0.05, 0) is 30.7 Å². The van der Waals surface area contributed by atoms with Gasteiger partial charge in [-0.3, -0.25) is 9.48 Å². The third-order valence-corrected chi connectivity index (χ3v) is 5.72. The molecule has 0 radical (unpaired) electrons. The fourth-order valence-electron chi connectivity index (χ4n) is 3.13. The molecule has 1 aromatic carbocycles. The molecule has 0 saturated carbocycles. The van der Waals surface area contributed by atoms with Crippen LogP contribution in [0.1, 0.15) is 32.8 Å². The molecule has 0 bridgehead atoms. The molecule has 1 N–H and O–H groups in total. The Bertz CT molecular complexity index is 1090. The maximum atomic E-state index is 13.3. The van der Waals surface area contributed by atoms with Gasteiger partial charge in [0.25, 0.3) is 5.91 Å². The van der Waals surface area contributed by atoms with Crippen molar-refractivity contribution < 1.29 is 9.18 Å². The van der Waals surface area contributed by atoms with E-state index >= 15 is 0 Å². The highest BCUT2D eigenvalue weighted by molar-refractivity contribution is 7.20. The average Bonchev–Trinajstić information content (AvgIpc) is 3.32. The van der Waals surface area contributed by atoms with Crippen molar-refractivity contribution in [1.82, 2.24) is 24.6 Å². The smallest absolute Gasteiger partial charge is 0.262 e. The van der Waals surface area contributed by atoms with E-state index in [1.807, 2.05) is 37.8 Å². The second-order valence-electron chi connectivity index (χ2n) is 6.39. The minimum atomic E-state index is -0.484. The van der Waals surface area contributed by atoms with Crippen LogP contribution < -0.4 is 5.32 Å². The third kappa shape index (κ3) is 3.12. The number of halogens is 1. The molecule has 1 atom stereocenters. The molecule has 0 spiro atoms. The minimum Gasteiger partial charge on any atom is -0.337 e. The van der Waals surface area contributed by atoms with Crippen LogP contribution in [-0.4, -0.2) is 25.2 Å². The number of aromatic nitrogens is 4. The number of carbonyl (C=O) groups excluding carboxylic acids is 1. The lowest BCUT2D eigenvalue weighted by atomic mass is 10.1. The maximum absolute atomic E-state index is 13.3. The van der Waals surface area contributed by atoms with E-state index in [0.717, 1.165) is 21.5 Å². The monoisotopic (exact) mass is 383 g/mol. The summed E-state index contributed by atoms with van der Waals surface area (Å²) < 4.78 is 17.0. The number of amides is 1. The zero-order chi connectivity index (χ0) is 19.1. The first-order valence-electron chi connectivity index (χ1n) is 8.40. The lowest BCUT2D eigenvalue weighted by Crippen LogP contribution is -2.30. The molecule has 0 saturated heterocycles. The Morgan fingerprint density at radius 2 is 2.00 bits per heavy atom. The van der Waals surface area contributed by atoms with Gasteiger partial charge in [0.1, 0.15) is 22.5 Å². The fourth-order valence-corrected chi connectivity index (χ4v) is 4.15. The summed E-state index contributed by atoms with van der Waals surface area (Å²) in [5, 5.41) is 8.38. The molecule has 0 fully saturated rings. The lowest BCUT2D eigenvalue weighted by Gasteiger charge is -2.18. The van der Waals surface area contributed by atoms with Crippen molar-refractivity contribution in [1.29, 1.82) is 0 Å². The second kappa shape index (κ2) is 6.62. The highest BCUT2D eigenvalue weighted by Gasteiger charge is 2.23. The number of fused-ring (bicyclic) bond motifs is 1. The molecule has 6 nitrogen and oxygen atoms in total. The van der Waals surface area contributed by atoms with Gasteiger partial charge in [0.2, 0.25) is 0 Å². The van der Waals surface area contributed by atoms with E-state index in [4.69, 9.17) is 0 Å². The Balaban J connectivity index is 1.70. The summed E-state index contributed by atoms with van der Waals surface area (Å²) in [5.74, 6) is 0.151. The fraction of sp³-hybridized carbons (Fsp3) is 0.211. The van der Waals surface area contributed by atoms with Crippen LogP contribution in [0.15, 0.2) is 42.7 Å². The van der Waals surface area contributed by atoms with E-state index in [2.05, 4.69) is 15.4 Å². The van der Waals surface area contributed by atoms with Crippen molar-refractivity contribution >= 4 is 27.5 Å². The van der Waals surface area contributed by atoms with Crippen LogP contribution in [0.5, 0.6) is 0 Å². The molecule has 0 aliphatic rings. The summed E-state index contributed by atoms with van der Waals surface area (Å²) in [6.45, 7) is 1.92. The summed E-state index contributed by atoms with van der Waals surface area (Å²) in [6.07, 6.45) is 3.49. The number of rotatable bonds is 4. The number of nitrogens with zero attached hydrogens (tertiary/aromatic N) is 4. The molecule has 3 aromatic heterocycles. The van der Waals surface area contributed by atoms with E-state index < -0.39 is 6.04 Å². The highest BCUT2D eigenvalue weighted by atomic mass is 32.1. The Hall–Kier alpha value is -3.00. The Morgan fingerprint density at radius 1 is 1.26 bits per heavy atom. The molecular formula is C19H18FN5OS. The summed E-state index contributed by atoms with van der Waals surface area (Å²) in [6, 6.07) is 7.46. The van der Waals surface area contributed by atoms with E-state index in [-0.39, 0.29) is 11.7 Å². The van der Waals surface area contributed by atoms with Crippen molar-refractivity contribution in [3.63, 3.8) is 0 Å². The molecule has 4 rings (SSSR count). The zero-order valence-electron chi connectivity index (χ0n) is 15.1. The van der Waals surface area contributed by atoms with Gasteiger partial charge in [-0.15, -0.1) is 11.3 Å². The predicted molar refractivity (Wildman–Crippen MR) is 102 cm³/mol. The number of thiophene rings is 1. The third-order valence-electron chi connectivity index (χ3n) is 4.52. The molecule has 1 amide bonds. The Morgan fingerprint density at radius 3 is 2.63 bits per heavy atom. The summed E-state index contributed by atoms with van der Waals surface area (Å²) >= 11 is 1.40. The number of benzene rings is 1. The Kier molecular flexibility index (Phi) is 4.27.